The highest BCUT2D eigenvalue weighted by Crippen LogP contribution is 2.39. The number of carboxylic acid groups (broad SMARTS) is 1. The van der Waals surface area contributed by atoms with E-state index in [1.165, 1.54) is 5.56 Å². The van der Waals surface area contributed by atoms with Crippen LogP contribution in [0.4, 0.5) is 0 Å². The lowest BCUT2D eigenvalue weighted by atomic mass is 9.94. The van der Waals surface area contributed by atoms with E-state index in [1.54, 1.807) is 6.07 Å². The largest absolute Gasteiger partial charge is 0.477 e. The quantitative estimate of drug-likeness (QED) is 0.772. The number of hydrogen-bond donors (Lipinski definition) is 1. The number of rotatable bonds is 2. The average molecular weight is 289 g/mol. The van der Waals surface area contributed by atoms with Gasteiger partial charge in [-0.3, -0.25) is 0 Å². The molecule has 1 aliphatic heterocycles. The first-order valence-corrected chi connectivity index (χ1v) is 7.36. The van der Waals surface area contributed by atoms with E-state index in [0.29, 0.717) is 12.2 Å². The first-order chi connectivity index (χ1) is 10.8. The van der Waals surface area contributed by atoms with Crippen molar-refractivity contribution in [3.05, 3.63) is 71.9 Å². The number of aryl methyl sites for hydroxylation is 1. The van der Waals surface area contributed by atoms with Crippen LogP contribution in [0.2, 0.25) is 0 Å². The summed E-state index contributed by atoms with van der Waals surface area (Å²) < 4.78 is 1.94. The summed E-state index contributed by atoms with van der Waals surface area (Å²) in [7, 11) is 0. The summed E-state index contributed by atoms with van der Waals surface area (Å²) in [5, 5.41) is 9.53. The molecule has 1 aliphatic rings. The first kappa shape index (κ1) is 12.9. The van der Waals surface area contributed by atoms with Gasteiger partial charge in [-0.05, 0) is 23.6 Å². The van der Waals surface area contributed by atoms with Crippen molar-refractivity contribution in [2.45, 2.75) is 13.0 Å². The van der Waals surface area contributed by atoms with E-state index in [0.717, 1.165) is 28.8 Å². The van der Waals surface area contributed by atoms with Gasteiger partial charge >= 0.3 is 5.97 Å². The molecule has 0 saturated heterocycles. The third-order valence-electron chi connectivity index (χ3n) is 4.28. The molecule has 3 nitrogen and oxygen atoms in total. The predicted octanol–water partition coefficient (Wildman–Crippen LogP) is 4.08. The monoisotopic (exact) mass is 289 g/mol. The summed E-state index contributed by atoms with van der Waals surface area (Å²) in [6.07, 6.45) is 0.867. The lowest BCUT2D eigenvalue weighted by Crippen LogP contribution is -2.15. The van der Waals surface area contributed by atoms with E-state index < -0.39 is 5.97 Å². The minimum atomic E-state index is -0.872. The van der Waals surface area contributed by atoms with Crippen molar-refractivity contribution in [2.75, 3.05) is 0 Å². The number of aromatic nitrogens is 1. The number of carboxylic acids is 1. The van der Waals surface area contributed by atoms with Gasteiger partial charge in [-0.1, -0.05) is 54.6 Å². The zero-order valence-electron chi connectivity index (χ0n) is 12.0. The molecule has 0 fully saturated rings. The van der Waals surface area contributed by atoms with Crippen LogP contribution >= 0.6 is 0 Å². The van der Waals surface area contributed by atoms with Crippen LogP contribution in [-0.2, 0) is 13.0 Å². The number of nitrogens with zero attached hydrogens (tertiary/aromatic N) is 1. The molecule has 2 heterocycles. The summed E-state index contributed by atoms with van der Waals surface area (Å²) in [6, 6.07) is 20.0. The first-order valence-electron chi connectivity index (χ1n) is 7.36. The van der Waals surface area contributed by atoms with E-state index in [4.69, 9.17) is 0 Å². The van der Waals surface area contributed by atoms with Crippen LogP contribution in [0, 0.1) is 0 Å². The summed E-state index contributed by atoms with van der Waals surface area (Å²) in [6.45, 7) is 0.709. The van der Waals surface area contributed by atoms with Crippen LogP contribution in [-0.4, -0.2) is 15.6 Å². The van der Waals surface area contributed by atoms with Crippen LogP contribution < -0.4 is 0 Å². The Bertz CT molecular complexity index is 862. The predicted molar refractivity (Wildman–Crippen MR) is 86.0 cm³/mol. The topological polar surface area (TPSA) is 42.2 Å². The van der Waals surface area contributed by atoms with E-state index >= 15 is 0 Å². The van der Waals surface area contributed by atoms with Gasteiger partial charge in [0.25, 0.3) is 0 Å². The minimum Gasteiger partial charge on any atom is -0.477 e. The molecular formula is C19H15NO2. The molecule has 0 spiro atoms. The second kappa shape index (κ2) is 4.88. The molecule has 22 heavy (non-hydrogen) atoms. The lowest BCUT2D eigenvalue weighted by molar-refractivity contribution is 0.0685. The molecule has 0 amide bonds. The second-order valence-corrected chi connectivity index (χ2v) is 5.52. The Labute approximate surface area is 128 Å². The van der Waals surface area contributed by atoms with Gasteiger partial charge < -0.3 is 9.67 Å². The molecule has 0 unspecified atom stereocenters. The summed E-state index contributed by atoms with van der Waals surface area (Å²) in [4.78, 5) is 11.6. The van der Waals surface area contributed by atoms with E-state index in [1.807, 2.05) is 47.0 Å². The molecule has 108 valence electrons. The second-order valence-electron chi connectivity index (χ2n) is 5.52. The zero-order valence-corrected chi connectivity index (χ0v) is 12.0. The van der Waals surface area contributed by atoms with Crippen LogP contribution in [0.3, 0.4) is 0 Å². The van der Waals surface area contributed by atoms with Crippen molar-refractivity contribution in [3.63, 3.8) is 0 Å². The van der Waals surface area contributed by atoms with Crippen LogP contribution in [0.5, 0.6) is 0 Å². The third kappa shape index (κ3) is 1.86. The van der Waals surface area contributed by atoms with Gasteiger partial charge in [0.15, 0.2) is 0 Å². The van der Waals surface area contributed by atoms with Crippen LogP contribution in [0.25, 0.3) is 22.4 Å². The van der Waals surface area contributed by atoms with Gasteiger partial charge in [0, 0.05) is 17.7 Å². The summed E-state index contributed by atoms with van der Waals surface area (Å²) >= 11 is 0. The smallest absolute Gasteiger partial charge is 0.352 e. The van der Waals surface area contributed by atoms with E-state index in [2.05, 4.69) is 12.1 Å². The number of fused-ring (bicyclic) bond motifs is 3. The van der Waals surface area contributed by atoms with Crippen molar-refractivity contribution in [3.8, 4) is 22.4 Å². The molecule has 3 aromatic rings. The van der Waals surface area contributed by atoms with Gasteiger partial charge in [0.2, 0.25) is 0 Å². The Hall–Kier alpha value is -2.81. The maximum Gasteiger partial charge on any atom is 0.352 e. The molecule has 0 bridgehead atoms. The van der Waals surface area contributed by atoms with Crippen LogP contribution in [0.1, 0.15) is 16.1 Å². The molecule has 3 heteroatoms. The molecule has 0 saturated carbocycles. The van der Waals surface area contributed by atoms with Gasteiger partial charge in [-0.25, -0.2) is 4.79 Å². The fourth-order valence-corrected chi connectivity index (χ4v) is 3.29. The highest BCUT2D eigenvalue weighted by atomic mass is 16.4. The van der Waals surface area contributed by atoms with Crippen molar-refractivity contribution in [1.29, 1.82) is 0 Å². The summed E-state index contributed by atoms with van der Waals surface area (Å²) in [5.41, 5.74) is 5.84. The Kier molecular flexibility index (Phi) is 2.86. The molecule has 0 aliphatic carbocycles. The highest BCUT2D eigenvalue weighted by Gasteiger charge is 2.25. The van der Waals surface area contributed by atoms with Crippen molar-refractivity contribution in [1.82, 2.24) is 4.57 Å². The molecule has 0 radical (unpaired) electrons. The standard InChI is InChI=1S/C19H15NO2/c21-19(22)17-12-16(13-6-2-1-3-7-13)18-15-9-5-4-8-14(15)10-11-20(17)18/h1-9,12H,10-11H2,(H,21,22). The Morgan fingerprint density at radius 1 is 0.955 bits per heavy atom. The fraction of sp³-hybridized carbons (Fsp3) is 0.105. The van der Waals surface area contributed by atoms with Crippen molar-refractivity contribution >= 4 is 5.97 Å². The molecular weight excluding hydrogens is 274 g/mol. The van der Waals surface area contributed by atoms with Gasteiger partial charge in [-0.15, -0.1) is 0 Å². The molecule has 1 N–H and O–H groups in total. The zero-order chi connectivity index (χ0) is 15.1. The maximum absolute atomic E-state index is 11.6. The normalized spacial score (nSPS) is 12.5. The van der Waals surface area contributed by atoms with Gasteiger partial charge in [0.05, 0.1) is 5.69 Å². The Morgan fingerprint density at radius 2 is 1.68 bits per heavy atom. The fourth-order valence-electron chi connectivity index (χ4n) is 3.29. The van der Waals surface area contributed by atoms with E-state index in [-0.39, 0.29) is 0 Å². The minimum absolute atomic E-state index is 0.364. The van der Waals surface area contributed by atoms with Gasteiger partial charge in [0.1, 0.15) is 5.69 Å². The Morgan fingerprint density at radius 3 is 2.45 bits per heavy atom. The average Bonchev–Trinajstić information content (AvgIpc) is 2.96. The number of benzene rings is 2. The molecule has 4 rings (SSSR count). The number of carbonyl (C=O) groups is 1. The number of hydrogen-bond acceptors (Lipinski definition) is 1. The van der Waals surface area contributed by atoms with E-state index in [9.17, 15) is 9.90 Å². The van der Waals surface area contributed by atoms with Crippen LogP contribution in [0.15, 0.2) is 60.7 Å². The summed E-state index contributed by atoms with van der Waals surface area (Å²) in [5.74, 6) is -0.872. The highest BCUT2D eigenvalue weighted by molar-refractivity contribution is 5.94. The maximum atomic E-state index is 11.6. The van der Waals surface area contributed by atoms with Crippen molar-refractivity contribution in [2.24, 2.45) is 0 Å². The number of aromatic carboxylic acids is 1. The third-order valence-corrected chi connectivity index (χ3v) is 4.28. The van der Waals surface area contributed by atoms with Gasteiger partial charge in [-0.2, -0.15) is 0 Å². The Balaban J connectivity index is 2.04. The molecule has 2 aromatic carbocycles. The SMILES string of the molecule is O=C(O)c1cc(-c2ccccc2)c2n1CCc1ccccc1-2. The van der Waals surface area contributed by atoms with Crippen molar-refractivity contribution < 1.29 is 9.90 Å². The molecule has 0 atom stereocenters. The lowest BCUT2D eigenvalue weighted by Gasteiger charge is -2.21. The molecule has 1 aromatic heterocycles.